The Kier molecular flexibility index (Phi) is 4.00. The van der Waals surface area contributed by atoms with Crippen molar-refractivity contribution in [3.8, 4) is 0 Å². The average molecular weight is 288 g/mol. The van der Waals surface area contributed by atoms with Crippen molar-refractivity contribution in [2.24, 2.45) is 0 Å². The predicted octanol–water partition coefficient (Wildman–Crippen LogP) is 2.58. The first-order chi connectivity index (χ1) is 7.51. The highest BCUT2D eigenvalue weighted by atomic mass is 79.9. The quantitative estimate of drug-likeness (QED) is 0.371. The van der Waals surface area contributed by atoms with E-state index in [0.717, 1.165) is 0 Å². The van der Waals surface area contributed by atoms with Crippen LogP contribution in [-0.4, -0.2) is 18.0 Å². The van der Waals surface area contributed by atoms with Gasteiger partial charge >= 0.3 is 5.97 Å². The normalized spacial score (nSPS) is 9.94. The lowest BCUT2D eigenvalue weighted by atomic mass is 10.0. The molecule has 0 radical (unpaired) electrons. The van der Waals surface area contributed by atoms with Crippen LogP contribution in [0.3, 0.4) is 0 Å². The highest BCUT2D eigenvalue weighted by molar-refractivity contribution is 9.08. The molecule has 1 aromatic carbocycles. The van der Waals surface area contributed by atoms with Gasteiger partial charge in [-0.15, -0.1) is 0 Å². The summed E-state index contributed by atoms with van der Waals surface area (Å²) in [5.41, 5.74) is 1.34. The first-order valence-corrected chi connectivity index (χ1v) is 5.55. The number of halogens is 1. The zero-order chi connectivity index (χ0) is 12.3. The molecule has 0 saturated heterocycles. The van der Waals surface area contributed by atoms with Gasteiger partial charge in [-0.25, -0.2) is 4.79 Å². The van der Waals surface area contributed by atoms with E-state index in [-0.39, 0.29) is 5.69 Å². The van der Waals surface area contributed by atoms with Crippen LogP contribution in [0.5, 0.6) is 0 Å². The summed E-state index contributed by atoms with van der Waals surface area (Å²) in [6, 6.07) is 2.86. The largest absolute Gasteiger partial charge is 0.465 e. The average Bonchev–Trinajstić information content (AvgIpc) is 2.27. The summed E-state index contributed by atoms with van der Waals surface area (Å²) >= 11 is 3.18. The predicted molar refractivity (Wildman–Crippen MR) is 61.8 cm³/mol. The van der Waals surface area contributed by atoms with E-state index in [9.17, 15) is 14.9 Å². The number of esters is 1. The monoisotopic (exact) mass is 287 g/mol. The Morgan fingerprint density at radius 3 is 2.62 bits per heavy atom. The van der Waals surface area contributed by atoms with Gasteiger partial charge < -0.3 is 4.74 Å². The molecule has 0 aliphatic rings. The third-order valence-corrected chi connectivity index (χ3v) is 2.77. The Morgan fingerprint density at radius 2 is 2.19 bits per heavy atom. The van der Waals surface area contributed by atoms with Gasteiger partial charge in [0.25, 0.3) is 5.69 Å². The number of carbonyl (C=O) groups excluding carboxylic acids is 1. The molecular weight excluding hydrogens is 278 g/mol. The molecule has 0 bridgehead atoms. The maximum atomic E-state index is 11.4. The van der Waals surface area contributed by atoms with Gasteiger partial charge in [0.15, 0.2) is 0 Å². The fourth-order valence-electron chi connectivity index (χ4n) is 1.35. The topological polar surface area (TPSA) is 69.4 Å². The summed E-state index contributed by atoms with van der Waals surface area (Å²) in [5.74, 6) is -0.493. The maximum Gasteiger partial charge on any atom is 0.338 e. The number of rotatable bonds is 3. The molecule has 1 aromatic rings. The van der Waals surface area contributed by atoms with E-state index in [1.807, 2.05) is 0 Å². The molecule has 0 amide bonds. The molecule has 5 nitrogen and oxygen atoms in total. The minimum atomic E-state index is -0.493. The van der Waals surface area contributed by atoms with Crippen molar-refractivity contribution in [3.05, 3.63) is 38.9 Å². The number of benzene rings is 1. The molecule has 0 N–H and O–H groups in total. The van der Waals surface area contributed by atoms with Gasteiger partial charge in [0.05, 0.1) is 17.6 Å². The fraction of sp³-hybridized carbons (Fsp3) is 0.300. The number of nitro groups is 1. The third-order valence-electron chi connectivity index (χ3n) is 2.17. The van der Waals surface area contributed by atoms with E-state index in [4.69, 9.17) is 0 Å². The summed E-state index contributed by atoms with van der Waals surface area (Å²) in [6.07, 6.45) is 0. The van der Waals surface area contributed by atoms with E-state index in [1.54, 1.807) is 6.92 Å². The standard InChI is InChI=1S/C10H10BrNO4/c1-6-3-8(10(13)16-2)7(5-11)4-9(6)12(14)15/h3-4H,5H2,1-2H3. The molecule has 0 heterocycles. The Hall–Kier alpha value is -1.43. The molecule has 0 unspecified atom stereocenters. The summed E-state index contributed by atoms with van der Waals surface area (Å²) in [7, 11) is 1.27. The Labute approximate surface area is 101 Å². The van der Waals surface area contributed by atoms with Crippen molar-refractivity contribution < 1.29 is 14.5 Å². The van der Waals surface area contributed by atoms with Crippen molar-refractivity contribution in [2.45, 2.75) is 12.3 Å². The van der Waals surface area contributed by atoms with Crippen molar-refractivity contribution in [3.63, 3.8) is 0 Å². The van der Waals surface area contributed by atoms with Gasteiger partial charge in [0.2, 0.25) is 0 Å². The lowest BCUT2D eigenvalue weighted by Gasteiger charge is -2.07. The minimum Gasteiger partial charge on any atom is -0.465 e. The highest BCUT2D eigenvalue weighted by Crippen LogP contribution is 2.25. The molecule has 0 saturated carbocycles. The molecule has 0 atom stereocenters. The second-order valence-electron chi connectivity index (χ2n) is 3.18. The van der Waals surface area contributed by atoms with Gasteiger partial charge in [0.1, 0.15) is 0 Å². The van der Waals surface area contributed by atoms with Crippen molar-refractivity contribution in [1.29, 1.82) is 0 Å². The summed E-state index contributed by atoms with van der Waals surface area (Å²) < 4.78 is 4.60. The first kappa shape index (κ1) is 12.6. The molecule has 16 heavy (non-hydrogen) atoms. The van der Waals surface area contributed by atoms with Gasteiger partial charge in [-0.3, -0.25) is 10.1 Å². The number of hydrogen-bond acceptors (Lipinski definition) is 4. The molecule has 0 aliphatic carbocycles. The van der Waals surface area contributed by atoms with E-state index in [2.05, 4.69) is 20.7 Å². The zero-order valence-electron chi connectivity index (χ0n) is 8.82. The molecular formula is C10H10BrNO4. The summed E-state index contributed by atoms with van der Waals surface area (Å²) in [5, 5.41) is 11.1. The Morgan fingerprint density at radius 1 is 1.56 bits per heavy atom. The number of nitro benzene ring substituents is 1. The van der Waals surface area contributed by atoms with Crippen molar-refractivity contribution >= 4 is 27.6 Å². The SMILES string of the molecule is COC(=O)c1cc(C)c([N+](=O)[O-])cc1CBr. The van der Waals surface area contributed by atoms with Crippen LogP contribution < -0.4 is 0 Å². The van der Waals surface area contributed by atoms with Crippen LogP contribution in [0, 0.1) is 17.0 Å². The van der Waals surface area contributed by atoms with E-state index < -0.39 is 10.9 Å². The molecule has 1 rings (SSSR count). The smallest absolute Gasteiger partial charge is 0.338 e. The number of nitrogens with zero attached hydrogens (tertiary/aromatic N) is 1. The Bertz CT molecular complexity index is 445. The number of aryl methyl sites for hydroxylation is 1. The van der Waals surface area contributed by atoms with Crippen LogP contribution in [0.25, 0.3) is 0 Å². The third kappa shape index (κ3) is 2.38. The molecule has 0 spiro atoms. The summed E-state index contributed by atoms with van der Waals surface area (Å²) in [4.78, 5) is 21.7. The van der Waals surface area contributed by atoms with E-state index in [1.165, 1.54) is 19.2 Å². The van der Waals surface area contributed by atoms with Crippen LogP contribution in [0.15, 0.2) is 12.1 Å². The lowest BCUT2D eigenvalue weighted by Crippen LogP contribution is -2.06. The molecule has 0 aromatic heterocycles. The van der Waals surface area contributed by atoms with Gasteiger partial charge in [-0.1, -0.05) is 15.9 Å². The number of hydrogen-bond donors (Lipinski definition) is 0. The number of carbonyl (C=O) groups is 1. The van der Waals surface area contributed by atoms with E-state index >= 15 is 0 Å². The van der Waals surface area contributed by atoms with Gasteiger partial charge in [-0.05, 0) is 18.6 Å². The van der Waals surface area contributed by atoms with Gasteiger partial charge in [0, 0.05) is 17.0 Å². The van der Waals surface area contributed by atoms with Crippen LogP contribution in [-0.2, 0) is 10.1 Å². The minimum absolute atomic E-state index is 0.00195. The maximum absolute atomic E-state index is 11.4. The second-order valence-corrected chi connectivity index (χ2v) is 3.74. The van der Waals surface area contributed by atoms with Crippen LogP contribution in [0.2, 0.25) is 0 Å². The van der Waals surface area contributed by atoms with Crippen LogP contribution in [0.1, 0.15) is 21.5 Å². The first-order valence-electron chi connectivity index (χ1n) is 4.43. The van der Waals surface area contributed by atoms with Gasteiger partial charge in [-0.2, -0.15) is 0 Å². The van der Waals surface area contributed by atoms with Crippen molar-refractivity contribution in [2.75, 3.05) is 7.11 Å². The van der Waals surface area contributed by atoms with E-state index in [0.29, 0.717) is 22.0 Å². The second kappa shape index (κ2) is 5.07. The zero-order valence-corrected chi connectivity index (χ0v) is 10.4. The van der Waals surface area contributed by atoms with Crippen LogP contribution in [0.4, 0.5) is 5.69 Å². The Balaban J connectivity index is 3.37. The fourth-order valence-corrected chi connectivity index (χ4v) is 1.81. The van der Waals surface area contributed by atoms with Crippen LogP contribution >= 0.6 is 15.9 Å². The molecule has 86 valence electrons. The molecule has 0 fully saturated rings. The highest BCUT2D eigenvalue weighted by Gasteiger charge is 2.18. The number of methoxy groups -OCH3 is 1. The molecule has 0 aliphatic heterocycles. The van der Waals surface area contributed by atoms with Crippen molar-refractivity contribution in [1.82, 2.24) is 0 Å². The number of alkyl halides is 1. The molecule has 6 heteroatoms. The summed E-state index contributed by atoms with van der Waals surface area (Å²) in [6.45, 7) is 1.59. The number of ether oxygens (including phenoxy) is 1. The lowest BCUT2D eigenvalue weighted by molar-refractivity contribution is -0.385.